The predicted molar refractivity (Wildman–Crippen MR) is 101 cm³/mol. The lowest BCUT2D eigenvalue weighted by Crippen LogP contribution is -2.13. The highest BCUT2D eigenvalue weighted by atomic mass is 19.1. The zero-order valence-electron chi connectivity index (χ0n) is 14.7. The Hall–Kier alpha value is -3.81. The monoisotopic (exact) mass is 380 g/mol. The number of hydrogen-bond donors (Lipinski definition) is 2. The van der Waals surface area contributed by atoms with Crippen LogP contribution in [0.1, 0.15) is 27.4 Å². The molecule has 8 heteroatoms. The van der Waals surface area contributed by atoms with E-state index in [4.69, 9.17) is 4.52 Å². The zero-order valence-corrected chi connectivity index (χ0v) is 14.7. The highest BCUT2D eigenvalue weighted by Crippen LogP contribution is 2.26. The van der Waals surface area contributed by atoms with Crippen molar-refractivity contribution in [2.45, 2.75) is 6.92 Å². The molecule has 2 heterocycles. The van der Waals surface area contributed by atoms with Crippen molar-refractivity contribution in [2.75, 3.05) is 5.32 Å². The van der Waals surface area contributed by atoms with E-state index in [0.29, 0.717) is 22.4 Å². The molecule has 0 bridgehead atoms. The molecule has 0 unspecified atom stereocenters. The maximum atomic E-state index is 14.4. The number of aromatic amines is 1. The number of carbonyl (C=O) groups excluding carboxylic acids is 1. The number of hydrogen-bond acceptors (Lipinski definition) is 4. The van der Waals surface area contributed by atoms with Crippen LogP contribution in [-0.4, -0.2) is 21.3 Å². The molecule has 0 aliphatic heterocycles. The summed E-state index contributed by atoms with van der Waals surface area (Å²) in [5.41, 5.74) is 2.06. The Balaban J connectivity index is 1.65. The largest absolute Gasteiger partial charge is 0.361 e. The molecule has 0 fully saturated rings. The SMILES string of the molecule is Cc1oncc1C(=O)Nc1cc2c(C=Cc3ccc(F)cc3)n[nH]c2cc1F. The number of carbonyl (C=O) groups is 1. The summed E-state index contributed by atoms with van der Waals surface area (Å²) in [6.45, 7) is 1.59. The Bertz CT molecular complexity index is 1190. The summed E-state index contributed by atoms with van der Waals surface area (Å²) in [5, 5.41) is 13.6. The molecule has 0 atom stereocenters. The van der Waals surface area contributed by atoms with Crippen molar-refractivity contribution in [3.63, 3.8) is 0 Å². The first-order valence-electron chi connectivity index (χ1n) is 8.35. The van der Waals surface area contributed by atoms with Crippen molar-refractivity contribution in [2.24, 2.45) is 0 Å². The Morgan fingerprint density at radius 3 is 2.68 bits per heavy atom. The number of anilines is 1. The molecule has 2 aromatic heterocycles. The molecule has 0 saturated heterocycles. The van der Waals surface area contributed by atoms with E-state index in [9.17, 15) is 13.6 Å². The van der Waals surface area contributed by atoms with Crippen molar-refractivity contribution < 1.29 is 18.1 Å². The van der Waals surface area contributed by atoms with Crippen molar-refractivity contribution in [1.29, 1.82) is 0 Å². The number of halogens is 2. The number of nitrogens with one attached hydrogen (secondary N) is 2. The second kappa shape index (κ2) is 7.07. The van der Waals surface area contributed by atoms with E-state index < -0.39 is 11.7 Å². The second-order valence-electron chi connectivity index (χ2n) is 6.12. The Kier molecular flexibility index (Phi) is 4.44. The van der Waals surface area contributed by atoms with Crippen LogP contribution in [0.2, 0.25) is 0 Å². The average Bonchev–Trinajstić information content (AvgIpc) is 3.27. The molecular formula is C20H14F2N4O2. The summed E-state index contributed by atoms with van der Waals surface area (Å²) >= 11 is 0. The summed E-state index contributed by atoms with van der Waals surface area (Å²) in [6, 6.07) is 8.74. The standard InChI is InChI=1S/C20H14F2N4O2/c1-11-15(10-23-28-11)20(27)24-19-8-14-17(25-26-18(14)9-16(19)22)7-4-12-2-5-13(21)6-3-12/h2-10H,1H3,(H,24,27)(H,25,26). The van der Waals surface area contributed by atoms with Gasteiger partial charge in [-0.15, -0.1) is 0 Å². The molecule has 140 valence electrons. The lowest BCUT2D eigenvalue weighted by atomic mass is 10.1. The molecule has 6 nitrogen and oxygen atoms in total. The molecule has 2 N–H and O–H groups in total. The van der Waals surface area contributed by atoms with Crippen LogP contribution in [-0.2, 0) is 0 Å². The second-order valence-corrected chi connectivity index (χ2v) is 6.12. The van der Waals surface area contributed by atoms with Gasteiger partial charge in [-0.2, -0.15) is 5.10 Å². The molecule has 0 aliphatic rings. The van der Waals surface area contributed by atoms with Crippen LogP contribution in [0.15, 0.2) is 47.1 Å². The van der Waals surface area contributed by atoms with Gasteiger partial charge in [-0.05, 0) is 36.8 Å². The number of amides is 1. The molecule has 4 rings (SSSR count). The minimum absolute atomic E-state index is 0.0101. The van der Waals surface area contributed by atoms with E-state index in [2.05, 4.69) is 20.7 Å². The van der Waals surface area contributed by atoms with Gasteiger partial charge in [0.2, 0.25) is 0 Å². The molecule has 2 aromatic carbocycles. The molecule has 4 aromatic rings. The Labute approximate surface area is 157 Å². The van der Waals surface area contributed by atoms with Crippen LogP contribution in [0.3, 0.4) is 0 Å². The summed E-state index contributed by atoms with van der Waals surface area (Å²) in [5.74, 6) is -1.11. The minimum atomic E-state index is -0.604. The Morgan fingerprint density at radius 2 is 1.96 bits per heavy atom. The van der Waals surface area contributed by atoms with E-state index in [-0.39, 0.29) is 17.1 Å². The number of nitrogens with zero attached hydrogens (tertiary/aromatic N) is 2. The highest BCUT2D eigenvalue weighted by Gasteiger charge is 2.16. The maximum Gasteiger partial charge on any atom is 0.260 e. The van der Waals surface area contributed by atoms with Gasteiger partial charge < -0.3 is 9.84 Å². The van der Waals surface area contributed by atoms with Crippen molar-refractivity contribution in [3.8, 4) is 0 Å². The van der Waals surface area contributed by atoms with Crippen LogP contribution < -0.4 is 5.32 Å². The summed E-state index contributed by atoms with van der Waals surface area (Å²) in [7, 11) is 0. The molecule has 0 spiro atoms. The number of aryl methyl sites for hydroxylation is 1. The first kappa shape index (κ1) is 17.6. The molecule has 28 heavy (non-hydrogen) atoms. The minimum Gasteiger partial charge on any atom is -0.361 e. The van der Waals surface area contributed by atoms with Gasteiger partial charge in [-0.25, -0.2) is 8.78 Å². The number of fused-ring (bicyclic) bond motifs is 1. The Morgan fingerprint density at radius 1 is 1.18 bits per heavy atom. The van der Waals surface area contributed by atoms with Gasteiger partial charge in [0.15, 0.2) is 0 Å². The van der Waals surface area contributed by atoms with Gasteiger partial charge in [0, 0.05) is 11.5 Å². The van der Waals surface area contributed by atoms with E-state index >= 15 is 0 Å². The molecule has 0 radical (unpaired) electrons. The van der Waals surface area contributed by atoms with Gasteiger partial charge in [-0.3, -0.25) is 9.89 Å². The fourth-order valence-electron chi connectivity index (χ4n) is 2.74. The van der Waals surface area contributed by atoms with Gasteiger partial charge in [0.05, 0.1) is 23.1 Å². The third-order valence-electron chi connectivity index (χ3n) is 4.23. The lowest BCUT2D eigenvalue weighted by molar-refractivity contribution is 0.102. The molecule has 0 saturated carbocycles. The quantitative estimate of drug-likeness (QED) is 0.544. The summed E-state index contributed by atoms with van der Waals surface area (Å²) < 4.78 is 32.2. The fraction of sp³-hybridized carbons (Fsp3) is 0.0500. The first-order chi connectivity index (χ1) is 13.5. The van der Waals surface area contributed by atoms with E-state index in [1.54, 1.807) is 31.2 Å². The van der Waals surface area contributed by atoms with Gasteiger partial charge >= 0.3 is 0 Å². The van der Waals surface area contributed by atoms with Gasteiger partial charge in [-0.1, -0.05) is 23.4 Å². The summed E-state index contributed by atoms with van der Waals surface area (Å²) in [6.07, 6.45) is 4.76. The number of H-pyrrole nitrogens is 1. The van der Waals surface area contributed by atoms with Crippen LogP contribution in [0.25, 0.3) is 23.1 Å². The van der Waals surface area contributed by atoms with Crippen molar-refractivity contribution in [3.05, 3.63) is 76.8 Å². The zero-order chi connectivity index (χ0) is 19.7. The topological polar surface area (TPSA) is 83.8 Å². The van der Waals surface area contributed by atoms with E-state index in [1.165, 1.54) is 30.5 Å². The van der Waals surface area contributed by atoms with Crippen molar-refractivity contribution >= 4 is 34.6 Å². The van der Waals surface area contributed by atoms with Crippen LogP contribution in [0, 0.1) is 18.6 Å². The van der Waals surface area contributed by atoms with Crippen molar-refractivity contribution in [1.82, 2.24) is 15.4 Å². The average molecular weight is 380 g/mol. The normalized spacial score (nSPS) is 11.4. The van der Waals surface area contributed by atoms with Crippen LogP contribution in [0.4, 0.5) is 14.5 Å². The van der Waals surface area contributed by atoms with Crippen LogP contribution in [0.5, 0.6) is 0 Å². The third kappa shape index (κ3) is 3.39. The first-order valence-corrected chi connectivity index (χ1v) is 8.35. The smallest absolute Gasteiger partial charge is 0.260 e. The van der Waals surface area contributed by atoms with Gasteiger partial charge in [0.1, 0.15) is 23.0 Å². The highest BCUT2D eigenvalue weighted by molar-refractivity contribution is 6.06. The summed E-state index contributed by atoms with van der Waals surface area (Å²) in [4.78, 5) is 12.3. The molecular weight excluding hydrogens is 366 g/mol. The van der Waals surface area contributed by atoms with E-state index in [1.807, 2.05) is 0 Å². The number of aromatic nitrogens is 3. The number of rotatable bonds is 4. The maximum absolute atomic E-state index is 14.4. The predicted octanol–water partition coefficient (Wildman–Crippen LogP) is 4.56. The molecule has 0 aliphatic carbocycles. The van der Waals surface area contributed by atoms with Crippen LogP contribution >= 0.6 is 0 Å². The fourth-order valence-corrected chi connectivity index (χ4v) is 2.74. The lowest BCUT2D eigenvalue weighted by Gasteiger charge is -2.06. The van der Waals surface area contributed by atoms with E-state index in [0.717, 1.165) is 5.56 Å². The number of benzene rings is 2. The van der Waals surface area contributed by atoms with Gasteiger partial charge in [0.25, 0.3) is 5.91 Å². The third-order valence-corrected chi connectivity index (χ3v) is 4.23. The molecule has 1 amide bonds.